The van der Waals surface area contributed by atoms with Gasteiger partial charge in [-0.15, -0.1) is 0 Å². The van der Waals surface area contributed by atoms with Gasteiger partial charge in [0.15, 0.2) is 11.3 Å². The van der Waals surface area contributed by atoms with Crippen LogP contribution in [0.3, 0.4) is 0 Å². The van der Waals surface area contributed by atoms with E-state index < -0.39 is 0 Å². The van der Waals surface area contributed by atoms with Gasteiger partial charge in [-0.25, -0.2) is 0 Å². The molecule has 0 aliphatic heterocycles. The largest absolute Gasteiger partial charge is 0.364 e. The summed E-state index contributed by atoms with van der Waals surface area (Å²) in [5.41, 5.74) is 0.487. The van der Waals surface area contributed by atoms with Crippen molar-refractivity contribution in [1.82, 2.24) is 20.0 Å². The molecular formula is C14H18N4O3. The zero-order valence-corrected chi connectivity index (χ0v) is 12.5. The number of pyridine rings is 1. The average Bonchev–Trinajstić information content (AvgIpc) is 2.86. The fourth-order valence-electron chi connectivity index (χ4n) is 1.79. The molecule has 7 heteroatoms. The average molecular weight is 290 g/mol. The third kappa shape index (κ3) is 3.36. The number of carbonyl (C=O) groups excluding carboxylic acids is 1. The van der Waals surface area contributed by atoms with E-state index in [-0.39, 0.29) is 29.4 Å². The molecule has 0 unspecified atom stereocenters. The second-order valence-electron chi connectivity index (χ2n) is 5.26. The summed E-state index contributed by atoms with van der Waals surface area (Å²) in [5.74, 6) is 0.709. The molecule has 0 aromatic carbocycles. The van der Waals surface area contributed by atoms with Gasteiger partial charge >= 0.3 is 0 Å². The zero-order chi connectivity index (χ0) is 15.6. The Bertz CT molecular complexity index is 702. The number of aromatic nitrogens is 3. The van der Waals surface area contributed by atoms with E-state index in [0.717, 1.165) is 0 Å². The Labute approximate surface area is 122 Å². The molecule has 0 bridgehead atoms. The maximum absolute atomic E-state index is 12.2. The first kappa shape index (κ1) is 15.0. The molecule has 0 aliphatic rings. The Balaban J connectivity index is 2.13. The maximum atomic E-state index is 12.2. The third-order valence-corrected chi connectivity index (χ3v) is 3.01. The van der Waals surface area contributed by atoms with E-state index >= 15 is 0 Å². The second kappa shape index (κ2) is 5.90. The molecule has 0 atom stereocenters. The molecule has 0 aliphatic carbocycles. The summed E-state index contributed by atoms with van der Waals surface area (Å²) in [4.78, 5) is 32.5. The van der Waals surface area contributed by atoms with E-state index in [1.54, 1.807) is 14.0 Å². The summed E-state index contributed by atoms with van der Waals surface area (Å²) in [6.07, 6.45) is 1.42. The number of nitrogens with one attached hydrogen (secondary N) is 1. The summed E-state index contributed by atoms with van der Waals surface area (Å²) in [7, 11) is 1.58. The van der Waals surface area contributed by atoms with Crippen LogP contribution in [0.25, 0.3) is 0 Å². The van der Waals surface area contributed by atoms with Crippen LogP contribution >= 0.6 is 0 Å². The van der Waals surface area contributed by atoms with Crippen molar-refractivity contribution in [2.24, 2.45) is 0 Å². The summed E-state index contributed by atoms with van der Waals surface area (Å²) in [6, 6.07) is 1.39. The molecule has 0 saturated heterocycles. The quantitative estimate of drug-likeness (QED) is 0.920. The lowest BCUT2D eigenvalue weighted by Gasteiger charge is -2.14. The number of rotatable bonds is 4. The van der Waals surface area contributed by atoms with Crippen molar-refractivity contribution in [3.8, 4) is 0 Å². The van der Waals surface area contributed by atoms with Gasteiger partial charge in [0.25, 0.3) is 5.91 Å². The van der Waals surface area contributed by atoms with Crippen LogP contribution in [0.1, 0.15) is 47.5 Å². The number of carbonyl (C=O) groups is 1. The number of aromatic amines is 1. The Kier molecular flexibility index (Phi) is 4.21. The minimum atomic E-state index is -0.388. The second-order valence-corrected chi connectivity index (χ2v) is 5.26. The Morgan fingerprint density at radius 2 is 2.19 bits per heavy atom. The number of aryl methyl sites for hydroxylation is 1. The Hall–Kier alpha value is -2.44. The van der Waals surface area contributed by atoms with Gasteiger partial charge in [0.2, 0.25) is 5.89 Å². The van der Waals surface area contributed by atoms with Crippen LogP contribution < -0.4 is 5.43 Å². The number of hydrogen-bond donors (Lipinski definition) is 1. The van der Waals surface area contributed by atoms with Crippen molar-refractivity contribution in [2.45, 2.75) is 33.2 Å². The summed E-state index contributed by atoms with van der Waals surface area (Å²) >= 11 is 0. The fraction of sp³-hybridized carbons (Fsp3) is 0.429. The highest BCUT2D eigenvalue weighted by molar-refractivity contribution is 5.93. The van der Waals surface area contributed by atoms with Crippen molar-refractivity contribution in [2.75, 3.05) is 7.05 Å². The predicted octanol–water partition coefficient (Wildman–Crippen LogP) is 1.46. The number of H-pyrrole nitrogens is 1. The minimum Gasteiger partial charge on any atom is -0.364 e. The summed E-state index contributed by atoms with van der Waals surface area (Å²) in [6.45, 7) is 5.82. The highest BCUT2D eigenvalue weighted by atomic mass is 16.5. The van der Waals surface area contributed by atoms with E-state index in [9.17, 15) is 9.59 Å². The molecule has 1 N–H and O–H groups in total. The van der Waals surface area contributed by atoms with Crippen LogP contribution in [0.4, 0.5) is 0 Å². The highest BCUT2D eigenvalue weighted by Crippen LogP contribution is 2.11. The van der Waals surface area contributed by atoms with Crippen molar-refractivity contribution in [3.63, 3.8) is 0 Å². The molecule has 0 saturated carbocycles. The normalized spacial score (nSPS) is 10.9. The van der Waals surface area contributed by atoms with Gasteiger partial charge in [0, 0.05) is 30.9 Å². The fourth-order valence-corrected chi connectivity index (χ4v) is 1.79. The van der Waals surface area contributed by atoms with E-state index in [0.29, 0.717) is 17.4 Å². The third-order valence-electron chi connectivity index (χ3n) is 3.01. The van der Waals surface area contributed by atoms with E-state index in [4.69, 9.17) is 4.52 Å². The summed E-state index contributed by atoms with van der Waals surface area (Å²) in [5, 5.41) is 3.84. The van der Waals surface area contributed by atoms with Crippen LogP contribution in [0.15, 0.2) is 21.6 Å². The number of nitrogens with zero attached hydrogens (tertiary/aromatic N) is 3. The van der Waals surface area contributed by atoms with Crippen molar-refractivity contribution in [1.29, 1.82) is 0 Å². The van der Waals surface area contributed by atoms with Gasteiger partial charge in [-0.2, -0.15) is 4.98 Å². The zero-order valence-electron chi connectivity index (χ0n) is 12.5. The van der Waals surface area contributed by atoms with Crippen LogP contribution in [0, 0.1) is 6.92 Å². The smallest absolute Gasteiger partial charge is 0.259 e. The van der Waals surface area contributed by atoms with E-state index in [1.807, 2.05) is 13.8 Å². The molecule has 0 spiro atoms. The van der Waals surface area contributed by atoms with Gasteiger partial charge in [0.05, 0.1) is 6.54 Å². The molecule has 2 aromatic heterocycles. The van der Waals surface area contributed by atoms with Gasteiger partial charge in [-0.05, 0) is 6.92 Å². The molecule has 21 heavy (non-hydrogen) atoms. The molecule has 2 rings (SSSR count). The topological polar surface area (TPSA) is 92.1 Å². The lowest BCUT2D eigenvalue weighted by Crippen LogP contribution is -2.30. The molecule has 2 aromatic rings. The first-order chi connectivity index (χ1) is 9.88. The number of hydrogen-bond acceptors (Lipinski definition) is 5. The SMILES string of the molecule is Cc1cc(=O)c(C(=O)N(C)Cc2nc(C(C)C)no2)c[nH]1. The molecule has 0 fully saturated rings. The van der Waals surface area contributed by atoms with Crippen LogP contribution in [-0.2, 0) is 6.54 Å². The van der Waals surface area contributed by atoms with Crippen molar-refractivity contribution in [3.05, 3.63) is 45.5 Å². The predicted molar refractivity (Wildman–Crippen MR) is 76.0 cm³/mol. The van der Waals surface area contributed by atoms with E-state index in [2.05, 4.69) is 15.1 Å². The Morgan fingerprint density at radius 1 is 1.48 bits per heavy atom. The van der Waals surface area contributed by atoms with E-state index in [1.165, 1.54) is 17.2 Å². The van der Waals surface area contributed by atoms with Gasteiger partial charge in [0.1, 0.15) is 5.56 Å². The monoisotopic (exact) mass is 290 g/mol. The molecule has 0 radical (unpaired) electrons. The Morgan fingerprint density at radius 3 is 2.76 bits per heavy atom. The summed E-state index contributed by atoms with van der Waals surface area (Å²) < 4.78 is 5.09. The molecule has 1 amide bonds. The van der Waals surface area contributed by atoms with Gasteiger partial charge in [-0.3, -0.25) is 9.59 Å². The highest BCUT2D eigenvalue weighted by Gasteiger charge is 2.18. The molecule has 112 valence electrons. The van der Waals surface area contributed by atoms with Crippen molar-refractivity contribution >= 4 is 5.91 Å². The van der Waals surface area contributed by atoms with Gasteiger partial charge in [-0.1, -0.05) is 19.0 Å². The van der Waals surface area contributed by atoms with Gasteiger partial charge < -0.3 is 14.4 Å². The molecule has 2 heterocycles. The molecule has 7 nitrogen and oxygen atoms in total. The minimum absolute atomic E-state index is 0.0895. The van der Waals surface area contributed by atoms with Crippen LogP contribution in [0.2, 0.25) is 0 Å². The number of amides is 1. The maximum Gasteiger partial charge on any atom is 0.259 e. The standard InChI is InChI=1S/C14H18N4O3/c1-8(2)13-16-12(21-17-13)7-18(4)14(20)10-6-15-9(3)5-11(10)19/h5-6,8H,7H2,1-4H3,(H,15,19). The lowest BCUT2D eigenvalue weighted by atomic mass is 10.2. The lowest BCUT2D eigenvalue weighted by molar-refractivity contribution is 0.0768. The van der Waals surface area contributed by atoms with Crippen molar-refractivity contribution < 1.29 is 9.32 Å². The first-order valence-electron chi connectivity index (χ1n) is 6.65. The molecular weight excluding hydrogens is 272 g/mol. The van der Waals surface area contributed by atoms with Crippen LogP contribution in [-0.4, -0.2) is 33.0 Å². The first-order valence-corrected chi connectivity index (χ1v) is 6.65. The van der Waals surface area contributed by atoms with Crippen LogP contribution in [0.5, 0.6) is 0 Å².